The predicted molar refractivity (Wildman–Crippen MR) is 130 cm³/mol. The lowest BCUT2D eigenvalue weighted by atomic mass is 9.76. The normalized spacial score (nSPS) is 28.2. The van der Waals surface area contributed by atoms with Crippen molar-refractivity contribution in [3.05, 3.63) is 95.8 Å². The Balaban J connectivity index is 1.42. The molecule has 184 valence electrons. The molecule has 4 atom stereocenters. The summed E-state index contributed by atoms with van der Waals surface area (Å²) < 4.78 is 14.1. The van der Waals surface area contributed by atoms with Gasteiger partial charge in [-0.05, 0) is 29.8 Å². The van der Waals surface area contributed by atoms with E-state index in [0.717, 1.165) is 16.5 Å². The number of nitrogens with zero attached hydrogens (tertiary/aromatic N) is 3. The van der Waals surface area contributed by atoms with E-state index < -0.39 is 41.0 Å². The van der Waals surface area contributed by atoms with E-state index in [9.17, 15) is 23.6 Å². The Morgan fingerprint density at radius 3 is 2.43 bits per heavy atom. The van der Waals surface area contributed by atoms with Gasteiger partial charge >= 0.3 is 0 Å². The van der Waals surface area contributed by atoms with Crippen molar-refractivity contribution in [3.8, 4) is 0 Å². The van der Waals surface area contributed by atoms with E-state index in [0.29, 0.717) is 11.3 Å². The predicted octanol–water partition coefficient (Wildman–Crippen LogP) is 2.49. The molecule has 37 heavy (non-hydrogen) atoms. The number of nitrogens with one attached hydrogen (secondary N) is 1. The number of anilines is 2. The van der Waals surface area contributed by atoms with Crippen molar-refractivity contribution in [2.45, 2.75) is 24.5 Å². The molecule has 1 N–H and O–H groups in total. The van der Waals surface area contributed by atoms with Gasteiger partial charge in [-0.2, -0.15) is 5.01 Å². The van der Waals surface area contributed by atoms with Crippen molar-refractivity contribution in [2.24, 2.45) is 11.8 Å². The van der Waals surface area contributed by atoms with E-state index >= 15 is 0 Å². The summed E-state index contributed by atoms with van der Waals surface area (Å²) in [6.07, 6.45) is -0.0208. The summed E-state index contributed by atoms with van der Waals surface area (Å²) in [4.78, 5) is 57.6. The van der Waals surface area contributed by atoms with E-state index in [1.807, 2.05) is 42.5 Å². The van der Waals surface area contributed by atoms with Crippen LogP contribution in [0.4, 0.5) is 15.8 Å². The maximum atomic E-state index is 14.5. The van der Waals surface area contributed by atoms with Crippen LogP contribution in [0, 0.1) is 17.7 Å². The van der Waals surface area contributed by atoms with Crippen molar-refractivity contribution in [1.82, 2.24) is 10.4 Å². The molecule has 0 aliphatic carbocycles. The maximum Gasteiger partial charge on any atom is 0.255 e. The molecule has 0 saturated carbocycles. The van der Waals surface area contributed by atoms with E-state index in [2.05, 4.69) is 5.43 Å². The molecule has 3 aromatic rings. The number of imide groups is 1. The third kappa shape index (κ3) is 2.74. The van der Waals surface area contributed by atoms with Gasteiger partial charge in [-0.25, -0.2) is 9.29 Å². The number of carbonyl (C=O) groups is 4. The molecule has 3 unspecified atom stereocenters. The highest BCUT2D eigenvalue weighted by molar-refractivity contribution is 6.26. The lowest BCUT2D eigenvalue weighted by Gasteiger charge is -2.36. The van der Waals surface area contributed by atoms with E-state index in [1.54, 1.807) is 22.0 Å². The summed E-state index contributed by atoms with van der Waals surface area (Å²) in [6.45, 7) is 0.262. The summed E-state index contributed by atoms with van der Waals surface area (Å²) in [5, 5.41) is 1.55. The highest BCUT2D eigenvalue weighted by atomic mass is 19.1. The average Bonchev–Trinajstić information content (AvgIpc) is 3.55. The maximum absolute atomic E-state index is 14.5. The van der Waals surface area contributed by atoms with Gasteiger partial charge in [-0.1, -0.05) is 54.6 Å². The van der Waals surface area contributed by atoms with Gasteiger partial charge in [0.1, 0.15) is 5.82 Å². The summed E-state index contributed by atoms with van der Waals surface area (Å²) in [5.74, 6) is -4.41. The molecule has 0 bridgehead atoms. The molecule has 0 aromatic heterocycles. The Morgan fingerprint density at radius 1 is 0.892 bits per heavy atom. The van der Waals surface area contributed by atoms with Gasteiger partial charge in [0.15, 0.2) is 5.54 Å². The molecule has 0 radical (unpaired) electrons. The van der Waals surface area contributed by atoms with Crippen molar-refractivity contribution in [3.63, 3.8) is 0 Å². The number of amides is 4. The SMILES string of the molecule is O=C1CC2C3C(=O)N(c4cccc(F)c4)C(=O)C3[C@@]3(C(=O)N(Cc4ccccc4)c4ccccc43)N2N1. The van der Waals surface area contributed by atoms with Crippen molar-refractivity contribution < 1.29 is 23.6 Å². The van der Waals surface area contributed by atoms with Gasteiger partial charge in [-0.3, -0.25) is 24.6 Å². The molecule has 4 amide bonds. The molecule has 3 aromatic carbocycles. The van der Waals surface area contributed by atoms with Gasteiger partial charge in [0.05, 0.1) is 30.1 Å². The van der Waals surface area contributed by atoms with Gasteiger partial charge in [0, 0.05) is 17.7 Å². The fourth-order valence-electron chi connectivity index (χ4n) is 6.64. The second-order valence-corrected chi connectivity index (χ2v) is 9.83. The molecule has 7 rings (SSSR count). The van der Waals surface area contributed by atoms with Crippen molar-refractivity contribution in [2.75, 3.05) is 9.80 Å². The van der Waals surface area contributed by atoms with Crippen LogP contribution in [0.1, 0.15) is 17.5 Å². The van der Waals surface area contributed by atoms with Gasteiger partial charge in [0.2, 0.25) is 17.7 Å². The number of carbonyl (C=O) groups excluding carboxylic acids is 4. The van der Waals surface area contributed by atoms with Crippen LogP contribution in [0.25, 0.3) is 0 Å². The first-order valence-corrected chi connectivity index (χ1v) is 12.1. The lowest BCUT2D eigenvalue weighted by molar-refractivity contribution is -0.140. The number of hydrogen-bond acceptors (Lipinski definition) is 5. The van der Waals surface area contributed by atoms with Crippen LogP contribution >= 0.6 is 0 Å². The quantitative estimate of drug-likeness (QED) is 0.563. The number of benzene rings is 3. The second kappa shape index (κ2) is 7.57. The first kappa shape index (κ1) is 21.9. The average molecular weight is 496 g/mol. The minimum atomic E-state index is -1.60. The number of fused-ring (bicyclic) bond motifs is 7. The van der Waals surface area contributed by atoms with Crippen molar-refractivity contribution in [1.29, 1.82) is 0 Å². The van der Waals surface area contributed by atoms with Crippen LogP contribution in [-0.4, -0.2) is 34.7 Å². The third-order valence-corrected chi connectivity index (χ3v) is 7.99. The summed E-state index contributed by atoms with van der Waals surface area (Å²) >= 11 is 0. The zero-order valence-electron chi connectivity index (χ0n) is 19.5. The Kier molecular flexibility index (Phi) is 4.47. The van der Waals surface area contributed by atoms with Crippen molar-refractivity contribution >= 4 is 35.0 Å². The zero-order valence-corrected chi connectivity index (χ0v) is 19.5. The fourth-order valence-corrected chi connectivity index (χ4v) is 6.64. The fraction of sp³-hybridized carbons (Fsp3) is 0.214. The van der Waals surface area contributed by atoms with Gasteiger partial charge in [0.25, 0.3) is 5.91 Å². The number of para-hydroxylation sites is 1. The van der Waals surface area contributed by atoms with E-state index in [-0.39, 0.29) is 30.5 Å². The van der Waals surface area contributed by atoms with Crippen LogP contribution in [0.15, 0.2) is 78.9 Å². The van der Waals surface area contributed by atoms with Crippen LogP contribution in [0.3, 0.4) is 0 Å². The number of halogens is 1. The molecule has 3 fully saturated rings. The van der Waals surface area contributed by atoms with Crippen LogP contribution in [0.2, 0.25) is 0 Å². The molecule has 4 heterocycles. The second-order valence-electron chi connectivity index (χ2n) is 9.83. The molecule has 1 spiro atoms. The molecular weight excluding hydrogens is 475 g/mol. The Bertz CT molecular complexity index is 1510. The van der Waals surface area contributed by atoms with Gasteiger partial charge < -0.3 is 4.90 Å². The zero-order chi connectivity index (χ0) is 25.5. The lowest BCUT2D eigenvalue weighted by Crippen LogP contribution is -2.59. The van der Waals surface area contributed by atoms with E-state index in [1.165, 1.54) is 18.2 Å². The Morgan fingerprint density at radius 2 is 1.65 bits per heavy atom. The number of rotatable bonds is 3. The first-order valence-electron chi connectivity index (χ1n) is 12.1. The third-order valence-electron chi connectivity index (χ3n) is 7.99. The molecule has 9 heteroatoms. The van der Waals surface area contributed by atoms with Crippen LogP contribution in [0.5, 0.6) is 0 Å². The minimum Gasteiger partial charge on any atom is -0.306 e. The minimum absolute atomic E-state index is 0.0208. The standard InChI is InChI=1S/C28H21FN4O4/c29-17-9-6-10-18(13-17)32-25(35)23-21-14-22(34)30-33(21)28(24(23)26(32)36)19-11-4-5-12-20(19)31(27(28)37)15-16-7-2-1-3-8-16/h1-13,21,23-24H,14-15H2,(H,30,34)/t21?,23?,24?,28-/m0/s1. The Hall–Kier alpha value is -4.37. The first-order chi connectivity index (χ1) is 17.9. The number of hydrazine groups is 1. The van der Waals surface area contributed by atoms with E-state index in [4.69, 9.17) is 0 Å². The molecule has 4 aliphatic heterocycles. The van der Waals surface area contributed by atoms with Crippen LogP contribution in [-0.2, 0) is 31.3 Å². The summed E-state index contributed by atoms with van der Waals surface area (Å²) in [7, 11) is 0. The molecule has 8 nitrogen and oxygen atoms in total. The monoisotopic (exact) mass is 496 g/mol. The number of hydrogen-bond donors (Lipinski definition) is 1. The highest BCUT2D eigenvalue weighted by Gasteiger charge is 2.77. The van der Waals surface area contributed by atoms with Gasteiger partial charge in [-0.15, -0.1) is 0 Å². The molecule has 4 aliphatic rings. The highest BCUT2D eigenvalue weighted by Crippen LogP contribution is 2.60. The van der Waals surface area contributed by atoms with Crippen LogP contribution < -0.4 is 15.2 Å². The topological polar surface area (TPSA) is 90.0 Å². The molecular formula is C28H21FN4O4. The largest absolute Gasteiger partial charge is 0.306 e. The summed E-state index contributed by atoms with van der Waals surface area (Å²) in [5.41, 5.74) is 3.41. The summed E-state index contributed by atoms with van der Waals surface area (Å²) in [6, 6.07) is 21.3. The molecule has 3 saturated heterocycles. The smallest absolute Gasteiger partial charge is 0.255 e. The Labute approximate surface area is 211 Å².